The number of hydrogen-bond donors (Lipinski definition) is 1. The zero-order chi connectivity index (χ0) is 14.7. The molecular weight excluding hydrogens is 321 g/mol. The molecule has 4 nitrogen and oxygen atoms in total. The molecular formula is C16H23Cl2N3O. The third-order valence-corrected chi connectivity index (χ3v) is 4.60. The fraction of sp³-hybridized carbons (Fsp3) is 0.562. The van der Waals surface area contributed by atoms with E-state index in [0.717, 1.165) is 57.3 Å². The standard InChI is InChI=1S/C16H22ClN3O.ClH/c17-15-4-2-13(3-5-15)12-19-6-1-7-20(9-8-19)16(21)14-10-18-11-14;/h2-5,14,18H,1,6-12H2;1H. The summed E-state index contributed by atoms with van der Waals surface area (Å²) in [5.74, 6) is 0.551. The summed E-state index contributed by atoms with van der Waals surface area (Å²) < 4.78 is 0. The molecule has 0 unspecified atom stereocenters. The SMILES string of the molecule is Cl.O=C(C1CNC1)N1CCCN(Cc2ccc(Cl)cc2)CC1. The van der Waals surface area contributed by atoms with Crippen molar-refractivity contribution >= 4 is 29.9 Å². The Morgan fingerprint density at radius 2 is 1.86 bits per heavy atom. The van der Waals surface area contributed by atoms with E-state index < -0.39 is 0 Å². The van der Waals surface area contributed by atoms with E-state index in [0.29, 0.717) is 5.91 Å². The van der Waals surface area contributed by atoms with Gasteiger partial charge in [0.25, 0.3) is 0 Å². The molecule has 0 aliphatic carbocycles. The zero-order valence-corrected chi connectivity index (χ0v) is 14.2. The van der Waals surface area contributed by atoms with Crippen molar-refractivity contribution in [3.8, 4) is 0 Å². The van der Waals surface area contributed by atoms with Crippen LogP contribution >= 0.6 is 24.0 Å². The molecule has 0 saturated carbocycles. The fourth-order valence-corrected chi connectivity index (χ4v) is 3.04. The van der Waals surface area contributed by atoms with Gasteiger partial charge in [0.15, 0.2) is 0 Å². The Balaban J connectivity index is 0.00000176. The monoisotopic (exact) mass is 343 g/mol. The van der Waals surface area contributed by atoms with Crippen molar-refractivity contribution < 1.29 is 4.79 Å². The molecule has 2 fully saturated rings. The van der Waals surface area contributed by atoms with Crippen LogP contribution in [0, 0.1) is 5.92 Å². The number of benzene rings is 1. The number of carbonyl (C=O) groups is 1. The molecule has 1 aromatic rings. The van der Waals surface area contributed by atoms with Gasteiger partial charge in [0.05, 0.1) is 5.92 Å². The van der Waals surface area contributed by atoms with Crippen LogP contribution in [0.2, 0.25) is 5.02 Å². The van der Waals surface area contributed by atoms with Crippen molar-refractivity contribution in [2.45, 2.75) is 13.0 Å². The molecule has 3 rings (SSSR count). The van der Waals surface area contributed by atoms with Gasteiger partial charge in [-0.1, -0.05) is 23.7 Å². The van der Waals surface area contributed by atoms with Gasteiger partial charge in [0.1, 0.15) is 0 Å². The van der Waals surface area contributed by atoms with E-state index in [1.54, 1.807) is 0 Å². The first-order chi connectivity index (χ1) is 10.2. The second kappa shape index (κ2) is 8.16. The van der Waals surface area contributed by atoms with Gasteiger partial charge < -0.3 is 10.2 Å². The number of nitrogens with one attached hydrogen (secondary N) is 1. The molecule has 22 heavy (non-hydrogen) atoms. The van der Waals surface area contributed by atoms with Crippen LogP contribution in [0.15, 0.2) is 24.3 Å². The number of carbonyl (C=O) groups excluding carboxylic acids is 1. The summed E-state index contributed by atoms with van der Waals surface area (Å²) in [5, 5.41) is 3.95. The topological polar surface area (TPSA) is 35.6 Å². The van der Waals surface area contributed by atoms with Gasteiger partial charge >= 0.3 is 0 Å². The Morgan fingerprint density at radius 1 is 1.14 bits per heavy atom. The van der Waals surface area contributed by atoms with Gasteiger partial charge in [-0.25, -0.2) is 0 Å². The highest BCUT2D eigenvalue weighted by Gasteiger charge is 2.30. The Hall–Kier alpha value is -0.810. The minimum atomic E-state index is 0. The largest absolute Gasteiger partial charge is 0.341 e. The average Bonchev–Trinajstić information content (AvgIpc) is 2.65. The van der Waals surface area contributed by atoms with Crippen molar-refractivity contribution in [2.24, 2.45) is 5.92 Å². The molecule has 1 N–H and O–H groups in total. The fourth-order valence-electron chi connectivity index (χ4n) is 2.92. The van der Waals surface area contributed by atoms with E-state index in [9.17, 15) is 4.79 Å². The third kappa shape index (κ3) is 4.35. The molecule has 2 aliphatic heterocycles. The summed E-state index contributed by atoms with van der Waals surface area (Å²) in [7, 11) is 0. The normalized spacial score (nSPS) is 20.0. The van der Waals surface area contributed by atoms with Crippen LogP contribution in [0.4, 0.5) is 0 Å². The summed E-state index contributed by atoms with van der Waals surface area (Å²) in [5.41, 5.74) is 1.28. The van der Waals surface area contributed by atoms with E-state index in [2.05, 4.69) is 22.3 Å². The molecule has 2 heterocycles. The van der Waals surface area contributed by atoms with Gasteiger partial charge in [0.2, 0.25) is 5.91 Å². The van der Waals surface area contributed by atoms with Crippen LogP contribution in [-0.4, -0.2) is 55.0 Å². The van der Waals surface area contributed by atoms with Gasteiger partial charge in [-0.15, -0.1) is 12.4 Å². The highest BCUT2D eigenvalue weighted by molar-refractivity contribution is 6.30. The minimum Gasteiger partial charge on any atom is -0.341 e. The minimum absolute atomic E-state index is 0. The molecule has 1 aromatic carbocycles. The zero-order valence-electron chi connectivity index (χ0n) is 12.6. The lowest BCUT2D eigenvalue weighted by atomic mass is 10.0. The second-order valence-corrected chi connectivity index (χ2v) is 6.37. The summed E-state index contributed by atoms with van der Waals surface area (Å²) in [6.45, 7) is 6.39. The lowest BCUT2D eigenvalue weighted by Gasteiger charge is -2.31. The van der Waals surface area contributed by atoms with Crippen LogP contribution < -0.4 is 5.32 Å². The van der Waals surface area contributed by atoms with Crippen LogP contribution in [0.5, 0.6) is 0 Å². The van der Waals surface area contributed by atoms with Gasteiger partial charge in [-0.3, -0.25) is 9.69 Å². The molecule has 1 amide bonds. The van der Waals surface area contributed by atoms with Gasteiger partial charge in [-0.2, -0.15) is 0 Å². The van der Waals surface area contributed by atoms with E-state index in [-0.39, 0.29) is 18.3 Å². The van der Waals surface area contributed by atoms with E-state index in [4.69, 9.17) is 11.6 Å². The maximum absolute atomic E-state index is 12.3. The predicted molar refractivity (Wildman–Crippen MR) is 91.5 cm³/mol. The van der Waals surface area contributed by atoms with Gasteiger partial charge in [0, 0.05) is 50.8 Å². The molecule has 0 bridgehead atoms. The lowest BCUT2D eigenvalue weighted by molar-refractivity contribution is -0.136. The van der Waals surface area contributed by atoms with Crippen LogP contribution in [0.3, 0.4) is 0 Å². The smallest absolute Gasteiger partial charge is 0.228 e. The summed E-state index contributed by atoms with van der Waals surface area (Å²) in [4.78, 5) is 16.8. The van der Waals surface area contributed by atoms with Crippen molar-refractivity contribution in [1.82, 2.24) is 15.1 Å². The molecule has 2 aliphatic rings. The number of nitrogens with zero attached hydrogens (tertiary/aromatic N) is 2. The average molecular weight is 344 g/mol. The van der Waals surface area contributed by atoms with Crippen molar-refractivity contribution in [2.75, 3.05) is 39.3 Å². The van der Waals surface area contributed by atoms with Crippen molar-refractivity contribution in [1.29, 1.82) is 0 Å². The highest BCUT2D eigenvalue weighted by atomic mass is 35.5. The second-order valence-electron chi connectivity index (χ2n) is 5.94. The van der Waals surface area contributed by atoms with Crippen LogP contribution in [0.1, 0.15) is 12.0 Å². The number of hydrogen-bond acceptors (Lipinski definition) is 3. The Labute approximate surface area is 143 Å². The molecule has 0 spiro atoms. The molecule has 0 aromatic heterocycles. The van der Waals surface area contributed by atoms with E-state index in [1.165, 1.54) is 5.56 Å². The predicted octanol–water partition coefficient (Wildman–Crippen LogP) is 2.02. The van der Waals surface area contributed by atoms with Crippen molar-refractivity contribution in [3.63, 3.8) is 0 Å². The summed E-state index contributed by atoms with van der Waals surface area (Å²) >= 11 is 5.92. The molecule has 0 atom stereocenters. The number of halogens is 2. The number of amides is 1. The quantitative estimate of drug-likeness (QED) is 0.911. The Morgan fingerprint density at radius 3 is 2.50 bits per heavy atom. The molecule has 0 radical (unpaired) electrons. The van der Waals surface area contributed by atoms with E-state index in [1.807, 2.05) is 17.0 Å². The van der Waals surface area contributed by atoms with E-state index >= 15 is 0 Å². The van der Waals surface area contributed by atoms with Crippen LogP contribution in [-0.2, 0) is 11.3 Å². The maximum atomic E-state index is 12.3. The highest BCUT2D eigenvalue weighted by Crippen LogP contribution is 2.15. The third-order valence-electron chi connectivity index (χ3n) is 4.35. The molecule has 122 valence electrons. The van der Waals surface area contributed by atoms with Gasteiger partial charge in [-0.05, 0) is 24.1 Å². The van der Waals surface area contributed by atoms with Crippen molar-refractivity contribution in [3.05, 3.63) is 34.9 Å². The Kier molecular flexibility index (Phi) is 6.50. The first-order valence-electron chi connectivity index (χ1n) is 7.69. The summed E-state index contributed by atoms with van der Waals surface area (Å²) in [6.07, 6.45) is 1.06. The number of rotatable bonds is 3. The van der Waals surface area contributed by atoms with Crippen LogP contribution in [0.25, 0.3) is 0 Å². The Bertz CT molecular complexity index is 491. The first kappa shape index (κ1) is 17.5. The lowest BCUT2D eigenvalue weighted by Crippen LogP contribution is -2.52. The summed E-state index contributed by atoms with van der Waals surface area (Å²) in [6, 6.07) is 8.04. The molecule has 2 saturated heterocycles. The molecule has 6 heteroatoms. The first-order valence-corrected chi connectivity index (χ1v) is 8.06. The maximum Gasteiger partial charge on any atom is 0.228 e.